The number of benzene rings is 3. The summed E-state index contributed by atoms with van der Waals surface area (Å²) in [5.74, 6) is 0.698. The molecule has 2 heterocycles. The highest BCUT2D eigenvalue weighted by Gasteiger charge is 2.16. The summed E-state index contributed by atoms with van der Waals surface area (Å²) in [6, 6.07) is 28.0. The van der Waals surface area contributed by atoms with Gasteiger partial charge in [-0.1, -0.05) is 92.6 Å². The molecule has 0 spiro atoms. The molecular weight excluding hydrogens is 510 g/mol. The first kappa shape index (κ1) is 26.1. The van der Waals surface area contributed by atoms with Gasteiger partial charge in [0.1, 0.15) is 0 Å². The highest BCUT2D eigenvalue weighted by atomic mass is 32.1. The van der Waals surface area contributed by atoms with E-state index in [1.807, 2.05) is 10.8 Å². The van der Waals surface area contributed by atoms with Crippen LogP contribution in [0.3, 0.4) is 0 Å². The first-order valence-electron chi connectivity index (χ1n) is 14.1. The molecule has 0 amide bonds. The van der Waals surface area contributed by atoms with Crippen molar-refractivity contribution >= 4 is 17.0 Å². The minimum atomic E-state index is 0.698. The van der Waals surface area contributed by atoms with Gasteiger partial charge in [-0.25, -0.2) is 9.66 Å². The molecule has 6 heteroatoms. The van der Waals surface area contributed by atoms with E-state index in [9.17, 15) is 0 Å². The lowest BCUT2D eigenvalue weighted by Gasteiger charge is -2.22. The van der Waals surface area contributed by atoms with E-state index < -0.39 is 0 Å². The van der Waals surface area contributed by atoms with Gasteiger partial charge in [-0.2, -0.15) is 0 Å². The maximum atomic E-state index is 5.00. The van der Waals surface area contributed by atoms with Crippen LogP contribution in [-0.2, 0) is 6.42 Å². The highest BCUT2D eigenvalue weighted by molar-refractivity contribution is 7.07. The first-order chi connectivity index (χ1) is 19.7. The maximum absolute atomic E-state index is 5.00. The monoisotopic (exact) mass is 545 g/mol. The third kappa shape index (κ3) is 6.02. The van der Waals surface area contributed by atoms with Crippen LogP contribution in [0.2, 0.25) is 0 Å². The van der Waals surface area contributed by atoms with E-state index in [4.69, 9.17) is 4.99 Å². The molecule has 0 radical (unpaired) electrons. The van der Waals surface area contributed by atoms with Crippen molar-refractivity contribution < 1.29 is 0 Å². The molecule has 0 unspecified atom stereocenters. The fraction of sp³-hybridized carbons (Fsp3) is 0.235. The highest BCUT2D eigenvalue weighted by Crippen LogP contribution is 2.33. The van der Waals surface area contributed by atoms with Crippen LogP contribution in [0.25, 0.3) is 22.6 Å². The molecule has 0 atom stereocenters. The van der Waals surface area contributed by atoms with E-state index in [1.54, 1.807) is 23.9 Å². The molecule has 1 aliphatic carbocycles. The summed E-state index contributed by atoms with van der Waals surface area (Å²) in [4.78, 5) is 10.1. The van der Waals surface area contributed by atoms with Crippen molar-refractivity contribution in [3.63, 3.8) is 0 Å². The van der Waals surface area contributed by atoms with Gasteiger partial charge in [0.25, 0.3) is 0 Å². The Hall–Kier alpha value is -4.16. The topological polar surface area (TPSA) is 47.1 Å². The number of nitrogens with zero attached hydrogens (tertiary/aromatic N) is 4. The molecule has 1 aliphatic rings. The lowest BCUT2D eigenvalue weighted by molar-refractivity contribution is 0.443. The van der Waals surface area contributed by atoms with E-state index in [2.05, 4.69) is 106 Å². The molecule has 3 aromatic carbocycles. The van der Waals surface area contributed by atoms with Gasteiger partial charge in [0.05, 0.1) is 17.7 Å². The quantitative estimate of drug-likeness (QED) is 0.205. The number of aromatic nitrogens is 3. The minimum absolute atomic E-state index is 0.698. The lowest BCUT2D eigenvalue weighted by atomic mass is 9.84. The average Bonchev–Trinajstić information content (AvgIpc) is 3.69. The van der Waals surface area contributed by atoms with Crippen molar-refractivity contribution in [1.82, 2.24) is 14.2 Å². The summed E-state index contributed by atoms with van der Waals surface area (Å²) in [5, 5.41) is 2.19. The van der Waals surface area contributed by atoms with Gasteiger partial charge in [0.15, 0.2) is 0 Å². The Bertz CT molecular complexity index is 1590. The van der Waals surface area contributed by atoms with Gasteiger partial charge >= 0.3 is 0 Å². The van der Waals surface area contributed by atoms with Gasteiger partial charge in [0, 0.05) is 35.6 Å². The summed E-state index contributed by atoms with van der Waals surface area (Å²) >= 11 is 1.66. The molecule has 40 heavy (non-hydrogen) atoms. The smallest absolute Gasteiger partial charge is 0.204 e. The van der Waals surface area contributed by atoms with Gasteiger partial charge in [-0.3, -0.25) is 10.4 Å². The van der Waals surface area contributed by atoms with Crippen LogP contribution in [0.1, 0.15) is 54.7 Å². The summed E-state index contributed by atoms with van der Waals surface area (Å²) in [7, 11) is 0. The molecule has 6 rings (SSSR count). The third-order valence-corrected chi connectivity index (χ3v) is 8.61. The summed E-state index contributed by atoms with van der Waals surface area (Å²) in [6.07, 6.45) is 13.1. The fourth-order valence-electron chi connectivity index (χ4n) is 5.46. The summed E-state index contributed by atoms with van der Waals surface area (Å²) in [5.41, 5.74) is 11.5. The zero-order valence-corrected chi connectivity index (χ0v) is 23.6. The van der Waals surface area contributed by atoms with E-state index in [-0.39, 0.29) is 0 Å². The number of hydrogen-bond donors (Lipinski definition) is 1. The zero-order chi connectivity index (χ0) is 27.1. The average molecular weight is 546 g/mol. The van der Waals surface area contributed by atoms with Gasteiger partial charge in [-0.15, -0.1) is 11.3 Å². The van der Waals surface area contributed by atoms with Crippen LogP contribution in [-0.4, -0.2) is 20.8 Å². The van der Waals surface area contributed by atoms with Crippen molar-refractivity contribution in [1.29, 1.82) is 0 Å². The molecule has 1 saturated carbocycles. The van der Waals surface area contributed by atoms with Gasteiger partial charge in [-0.05, 0) is 54.0 Å². The predicted molar refractivity (Wildman–Crippen MR) is 166 cm³/mol. The van der Waals surface area contributed by atoms with E-state index in [0.29, 0.717) is 5.92 Å². The summed E-state index contributed by atoms with van der Waals surface area (Å²) < 4.78 is 4.09. The van der Waals surface area contributed by atoms with Crippen LogP contribution in [0.15, 0.2) is 115 Å². The third-order valence-electron chi connectivity index (χ3n) is 7.75. The molecule has 2 aromatic heterocycles. The largest absolute Gasteiger partial charge is 0.306 e. The van der Waals surface area contributed by atoms with E-state index in [0.717, 1.165) is 40.4 Å². The van der Waals surface area contributed by atoms with Crippen LogP contribution >= 0.6 is 11.3 Å². The van der Waals surface area contributed by atoms with Crippen LogP contribution in [0, 0.1) is 0 Å². The van der Waals surface area contributed by atoms with E-state index >= 15 is 0 Å². The Kier molecular flexibility index (Phi) is 8.05. The zero-order valence-electron chi connectivity index (χ0n) is 22.7. The Morgan fingerprint density at radius 2 is 1.73 bits per heavy atom. The van der Waals surface area contributed by atoms with E-state index in [1.165, 1.54) is 48.8 Å². The lowest BCUT2D eigenvalue weighted by Crippen LogP contribution is -2.25. The minimum Gasteiger partial charge on any atom is -0.306 e. The molecule has 5 aromatic rings. The second kappa shape index (κ2) is 12.3. The molecule has 0 saturated heterocycles. The standard InChI is InChI=1S/C34H35N5S/c1-26(28-16-18-32(19-17-28)38-23-22-35-25-38)37-39-33(24-40-34(39)36-21-20-27-8-4-2-5-9-27)31-14-12-30(13-15-31)29-10-6-3-7-11-29/h2,4-5,8-9,12-19,22-25,29,37H,1,3,6-7,10-11,20-21H2. The number of imidazole rings is 1. The number of rotatable bonds is 9. The Labute approximate surface area is 240 Å². The van der Waals surface area contributed by atoms with Crippen molar-refractivity contribution in [3.05, 3.63) is 131 Å². The molecule has 0 aliphatic heterocycles. The van der Waals surface area contributed by atoms with Crippen LogP contribution in [0.5, 0.6) is 0 Å². The van der Waals surface area contributed by atoms with Crippen LogP contribution in [0.4, 0.5) is 0 Å². The van der Waals surface area contributed by atoms with Crippen molar-refractivity contribution in [2.75, 3.05) is 12.0 Å². The number of nitrogens with one attached hydrogen (secondary N) is 1. The molecular formula is C34H35N5S. The molecule has 1 fully saturated rings. The SMILES string of the molecule is C=C(Nn1c(-c2ccc(C3CCCCC3)cc2)csc1=NCCc1ccccc1)c1ccc(-n2ccnc2)cc1. The Morgan fingerprint density at radius 3 is 2.45 bits per heavy atom. The predicted octanol–water partition coefficient (Wildman–Crippen LogP) is 7.81. The Morgan fingerprint density at radius 1 is 0.950 bits per heavy atom. The van der Waals surface area contributed by atoms with Crippen molar-refractivity contribution in [2.24, 2.45) is 4.99 Å². The molecule has 202 valence electrons. The molecule has 0 bridgehead atoms. The normalized spacial score (nSPS) is 14.3. The maximum Gasteiger partial charge on any atom is 0.204 e. The second-order valence-corrected chi connectivity index (χ2v) is 11.3. The first-order valence-corrected chi connectivity index (χ1v) is 15.0. The Balaban J connectivity index is 1.27. The van der Waals surface area contributed by atoms with Crippen molar-refractivity contribution in [2.45, 2.75) is 44.4 Å². The van der Waals surface area contributed by atoms with Gasteiger partial charge < -0.3 is 4.57 Å². The fourth-order valence-corrected chi connectivity index (χ4v) is 6.34. The van der Waals surface area contributed by atoms with Crippen LogP contribution < -0.4 is 10.2 Å². The van der Waals surface area contributed by atoms with Gasteiger partial charge in [0.2, 0.25) is 4.80 Å². The molecule has 1 N–H and O–H groups in total. The second-order valence-electron chi connectivity index (χ2n) is 10.4. The number of hydrogen-bond acceptors (Lipinski definition) is 4. The van der Waals surface area contributed by atoms with Crippen molar-refractivity contribution in [3.8, 4) is 16.9 Å². The summed E-state index contributed by atoms with van der Waals surface area (Å²) in [6.45, 7) is 5.10. The molecule has 5 nitrogen and oxygen atoms in total. The number of thiazole rings is 1.